The molecule has 0 aliphatic heterocycles. The average Bonchev–Trinajstić information content (AvgIpc) is 2.82. The molecule has 0 radical (unpaired) electrons. The molecular formula is C29H37N3O5. The van der Waals surface area contributed by atoms with Crippen LogP contribution in [0.1, 0.15) is 59.4 Å². The van der Waals surface area contributed by atoms with E-state index in [9.17, 15) is 19.2 Å². The highest BCUT2D eigenvalue weighted by Crippen LogP contribution is 2.29. The van der Waals surface area contributed by atoms with Gasteiger partial charge in [0.05, 0.1) is 22.7 Å². The number of aromatic nitrogens is 2. The average molecular weight is 508 g/mol. The number of ether oxygens (including phenoxy) is 1. The number of hydrogen-bond donors (Lipinski definition) is 2. The van der Waals surface area contributed by atoms with Crippen LogP contribution >= 0.6 is 0 Å². The maximum absolute atomic E-state index is 13.6. The summed E-state index contributed by atoms with van der Waals surface area (Å²) in [6.07, 6.45) is 2.24. The molecule has 37 heavy (non-hydrogen) atoms. The zero-order chi connectivity index (χ0) is 27.2. The summed E-state index contributed by atoms with van der Waals surface area (Å²) in [6.45, 7) is 9.30. The van der Waals surface area contributed by atoms with E-state index < -0.39 is 40.6 Å². The molecule has 2 atom stereocenters. The second kappa shape index (κ2) is 12.0. The number of amides is 1. The van der Waals surface area contributed by atoms with Crippen molar-refractivity contribution in [3.05, 3.63) is 81.0 Å². The lowest BCUT2D eigenvalue weighted by Gasteiger charge is -2.29. The van der Waals surface area contributed by atoms with E-state index in [1.165, 1.54) is 0 Å². The molecule has 2 aromatic carbocycles. The van der Waals surface area contributed by atoms with Crippen molar-refractivity contribution >= 4 is 22.8 Å². The quantitative estimate of drug-likeness (QED) is 0.395. The molecular weight excluding hydrogens is 470 g/mol. The minimum Gasteiger partial charge on any atom is -0.460 e. The molecule has 0 saturated carbocycles. The monoisotopic (exact) mass is 507 g/mol. The van der Waals surface area contributed by atoms with Crippen LogP contribution in [0.2, 0.25) is 0 Å². The molecule has 0 spiro atoms. The number of carbonyl (C=O) groups is 2. The van der Waals surface area contributed by atoms with Crippen molar-refractivity contribution < 1.29 is 14.3 Å². The lowest BCUT2D eigenvalue weighted by Crippen LogP contribution is -2.47. The van der Waals surface area contributed by atoms with Crippen molar-refractivity contribution in [1.29, 1.82) is 0 Å². The van der Waals surface area contributed by atoms with Gasteiger partial charge in [-0.2, -0.15) is 4.68 Å². The van der Waals surface area contributed by atoms with Crippen molar-refractivity contribution in [2.75, 3.05) is 5.43 Å². The highest BCUT2D eigenvalue weighted by Gasteiger charge is 2.37. The number of nitrogens with one attached hydrogen (secondary N) is 2. The summed E-state index contributed by atoms with van der Waals surface area (Å²) in [5.74, 6) is -2.46. The minimum absolute atomic E-state index is 0.0846. The first-order chi connectivity index (χ1) is 17.5. The molecule has 0 aliphatic carbocycles. The van der Waals surface area contributed by atoms with Gasteiger partial charge in [0.1, 0.15) is 5.60 Å². The first-order valence-corrected chi connectivity index (χ1v) is 12.8. The van der Waals surface area contributed by atoms with Gasteiger partial charge >= 0.3 is 11.7 Å². The molecule has 0 bridgehead atoms. The molecule has 1 aromatic heterocycles. The van der Waals surface area contributed by atoms with Crippen molar-refractivity contribution in [2.24, 2.45) is 17.8 Å². The maximum atomic E-state index is 13.6. The number of rotatable bonds is 10. The van der Waals surface area contributed by atoms with Crippen LogP contribution < -0.4 is 16.7 Å². The Morgan fingerprint density at radius 1 is 0.973 bits per heavy atom. The molecule has 0 unspecified atom stereocenters. The van der Waals surface area contributed by atoms with Crippen molar-refractivity contribution in [3.8, 4) is 0 Å². The van der Waals surface area contributed by atoms with Crippen LogP contribution in [-0.4, -0.2) is 27.1 Å². The van der Waals surface area contributed by atoms with E-state index in [1.54, 1.807) is 45.0 Å². The van der Waals surface area contributed by atoms with Gasteiger partial charge in [0, 0.05) is 0 Å². The number of hydrogen-bond acceptors (Lipinski definition) is 5. The Morgan fingerprint density at radius 3 is 2.27 bits per heavy atom. The number of fused-ring (bicyclic) bond motifs is 1. The number of H-pyrrole nitrogens is 1. The number of carbonyl (C=O) groups excluding carboxylic acids is 2. The minimum atomic E-state index is -0.789. The van der Waals surface area contributed by atoms with E-state index in [0.29, 0.717) is 29.5 Å². The zero-order valence-electron chi connectivity index (χ0n) is 22.2. The third kappa shape index (κ3) is 7.65. The molecule has 3 rings (SSSR count). The summed E-state index contributed by atoms with van der Waals surface area (Å²) in [5, 5.41) is 0.273. The van der Waals surface area contributed by atoms with E-state index in [1.807, 2.05) is 44.2 Å². The molecule has 1 heterocycles. The van der Waals surface area contributed by atoms with Crippen molar-refractivity contribution in [1.82, 2.24) is 9.66 Å². The lowest BCUT2D eigenvalue weighted by atomic mass is 9.81. The Hall–Kier alpha value is -3.68. The summed E-state index contributed by atoms with van der Waals surface area (Å²) in [7, 11) is 0. The first-order valence-electron chi connectivity index (χ1n) is 12.8. The molecule has 8 nitrogen and oxygen atoms in total. The van der Waals surface area contributed by atoms with Crippen LogP contribution in [0.25, 0.3) is 10.9 Å². The summed E-state index contributed by atoms with van der Waals surface area (Å²) < 4.78 is 6.40. The van der Waals surface area contributed by atoms with Gasteiger partial charge in [-0.05, 0) is 70.1 Å². The topological polar surface area (TPSA) is 110 Å². The number of esters is 1. The maximum Gasteiger partial charge on any atom is 0.348 e. The van der Waals surface area contributed by atoms with E-state index in [2.05, 4.69) is 10.4 Å². The number of aryl methyl sites for hydroxylation is 1. The summed E-state index contributed by atoms with van der Waals surface area (Å²) in [4.78, 5) is 55.2. The van der Waals surface area contributed by atoms with Gasteiger partial charge in [-0.15, -0.1) is 0 Å². The van der Waals surface area contributed by atoms with Crippen LogP contribution in [0.15, 0.2) is 64.2 Å². The van der Waals surface area contributed by atoms with Crippen LogP contribution in [0.3, 0.4) is 0 Å². The second-order valence-electron chi connectivity index (χ2n) is 10.8. The fourth-order valence-electron chi connectivity index (χ4n) is 4.45. The molecule has 0 saturated heterocycles. The van der Waals surface area contributed by atoms with Crippen LogP contribution in [-0.2, 0) is 20.7 Å². The van der Waals surface area contributed by atoms with Gasteiger partial charge in [0.15, 0.2) is 0 Å². The highest BCUT2D eigenvalue weighted by molar-refractivity contribution is 5.90. The van der Waals surface area contributed by atoms with E-state index in [4.69, 9.17) is 4.74 Å². The van der Waals surface area contributed by atoms with Crippen LogP contribution in [0.5, 0.6) is 0 Å². The van der Waals surface area contributed by atoms with Gasteiger partial charge in [0.25, 0.3) is 5.56 Å². The van der Waals surface area contributed by atoms with Gasteiger partial charge in [-0.3, -0.25) is 19.8 Å². The molecule has 8 heteroatoms. The molecule has 0 fully saturated rings. The second-order valence-corrected chi connectivity index (χ2v) is 10.8. The summed E-state index contributed by atoms with van der Waals surface area (Å²) in [5.41, 5.74) is 1.92. The predicted molar refractivity (Wildman–Crippen MR) is 145 cm³/mol. The Balaban J connectivity index is 1.92. The first kappa shape index (κ1) is 27.9. The molecule has 198 valence electrons. The third-order valence-electron chi connectivity index (χ3n) is 6.11. The Kier molecular flexibility index (Phi) is 9.08. The fourth-order valence-corrected chi connectivity index (χ4v) is 4.45. The van der Waals surface area contributed by atoms with Crippen molar-refractivity contribution in [2.45, 2.75) is 65.9 Å². The van der Waals surface area contributed by atoms with Gasteiger partial charge < -0.3 is 9.72 Å². The highest BCUT2D eigenvalue weighted by atomic mass is 16.6. The van der Waals surface area contributed by atoms with Crippen LogP contribution in [0.4, 0.5) is 0 Å². The molecule has 2 N–H and O–H groups in total. The Labute approximate surface area is 217 Å². The largest absolute Gasteiger partial charge is 0.460 e. The smallest absolute Gasteiger partial charge is 0.348 e. The third-order valence-corrected chi connectivity index (χ3v) is 6.11. The van der Waals surface area contributed by atoms with Crippen molar-refractivity contribution in [3.63, 3.8) is 0 Å². The molecule has 0 aliphatic rings. The molecule has 1 amide bonds. The van der Waals surface area contributed by atoms with Gasteiger partial charge in [0.2, 0.25) is 5.91 Å². The Bertz CT molecular complexity index is 1340. The zero-order valence-corrected chi connectivity index (χ0v) is 22.2. The number of nitrogens with zero attached hydrogens (tertiary/aromatic N) is 1. The SMILES string of the molecule is CC(C)C[C@@H](C(=O)Nn1c(=O)[nH]c2ccccc2c1=O)[C@H](CCCc1ccccc1)C(=O)OC(C)(C)C. The standard InChI is InChI=1S/C29H37N3O5/c1-19(2)18-23(25(33)31-32-26(34)22-15-9-10-17-24(22)30-28(32)36)21(27(35)37-29(3,4)5)16-11-14-20-12-7-6-8-13-20/h6-10,12-13,15,17,19,21,23H,11,14,16,18H2,1-5H3,(H,30,36)(H,31,33)/t21-,23+/m0/s1. The number of para-hydroxylation sites is 1. The lowest BCUT2D eigenvalue weighted by molar-refractivity contribution is -0.164. The van der Waals surface area contributed by atoms with Crippen LogP contribution in [0, 0.1) is 17.8 Å². The van der Waals surface area contributed by atoms with E-state index in [-0.39, 0.29) is 11.3 Å². The Morgan fingerprint density at radius 2 is 1.62 bits per heavy atom. The van der Waals surface area contributed by atoms with E-state index >= 15 is 0 Å². The fraction of sp³-hybridized carbons (Fsp3) is 0.448. The van der Waals surface area contributed by atoms with Gasteiger partial charge in [-0.25, -0.2) is 4.79 Å². The summed E-state index contributed by atoms with van der Waals surface area (Å²) in [6, 6.07) is 16.5. The normalized spacial score (nSPS) is 13.4. The van der Waals surface area contributed by atoms with E-state index in [0.717, 1.165) is 12.0 Å². The molecule has 3 aromatic rings. The number of benzene rings is 2. The van der Waals surface area contributed by atoms with Gasteiger partial charge in [-0.1, -0.05) is 56.3 Å². The number of aromatic amines is 1. The summed E-state index contributed by atoms with van der Waals surface area (Å²) >= 11 is 0. The predicted octanol–water partition coefficient (Wildman–Crippen LogP) is 4.40.